The molecular weight excluding hydrogens is 465 g/mol. The standard InChI is InChI=1S/C23H23F3N6O3/c1-22(12-33)7-13-5-15(29-21(34)14-8-28-32-4-2-3-27-20(14)32)16(6-19(13)35-22)31-10-17-18(31)9-30(17)11-23(24,25)26/h2-6,8,17-18,33H,7,9-12H2,1H3,(H,29,34)/t17-,18?,22+/m0/s1. The van der Waals surface area contributed by atoms with Crippen molar-refractivity contribution in [2.24, 2.45) is 0 Å². The first kappa shape index (κ1) is 22.1. The molecule has 12 heteroatoms. The number of hydrogen-bond acceptors (Lipinski definition) is 7. The maximum atomic E-state index is 13.2. The monoisotopic (exact) mass is 488 g/mol. The lowest BCUT2D eigenvalue weighted by atomic mass is 9.84. The van der Waals surface area contributed by atoms with Gasteiger partial charge in [0.2, 0.25) is 0 Å². The minimum absolute atomic E-state index is 0.0738. The number of benzene rings is 1. The Balaban J connectivity index is 1.30. The summed E-state index contributed by atoms with van der Waals surface area (Å²) in [6.45, 7) is 1.42. The largest absolute Gasteiger partial charge is 0.484 e. The number of anilines is 2. The molecule has 35 heavy (non-hydrogen) atoms. The number of piperazine rings is 1. The van der Waals surface area contributed by atoms with E-state index >= 15 is 0 Å². The maximum absolute atomic E-state index is 13.2. The van der Waals surface area contributed by atoms with Crippen LogP contribution in [-0.4, -0.2) is 80.6 Å². The number of alkyl halides is 3. The Morgan fingerprint density at radius 1 is 1.31 bits per heavy atom. The summed E-state index contributed by atoms with van der Waals surface area (Å²) in [6, 6.07) is 5.08. The molecule has 2 saturated heterocycles. The first-order valence-corrected chi connectivity index (χ1v) is 11.3. The van der Waals surface area contributed by atoms with Crippen LogP contribution in [0.2, 0.25) is 0 Å². The molecule has 0 saturated carbocycles. The van der Waals surface area contributed by atoms with E-state index in [0.717, 1.165) is 5.56 Å². The molecule has 184 valence electrons. The molecule has 2 N–H and O–H groups in total. The van der Waals surface area contributed by atoms with E-state index in [2.05, 4.69) is 15.4 Å². The van der Waals surface area contributed by atoms with Crippen molar-refractivity contribution in [3.8, 4) is 5.75 Å². The second kappa shape index (κ2) is 7.56. The lowest BCUT2D eigenvalue weighted by molar-refractivity contribution is -0.170. The van der Waals surface area contributed by atoms with Crippen LogP contribution < -0.4 is 15.0 Å². The summed E-state index contributed by atoms with van der Waals surface area (Å²) in [7, 11) is 0. The van der Waals surface area contributed by atoms with E-state index in [4.69, 9.17) is 4.74 Å². The number of likely N-dealkylation sites (tertiary alicyclic amines) is 1. The molecule has 0 radical (unpaired) electrons. The lowest BCUT2D eigenvalue weighted by Gasteiger charge is -2.63. The van der Waals surface area contributed by atoms with Crippen molar-refractivity contribution in [1.29, 1.82) is 0 Å². The first-order chi connectivity index (χ1) is 16.6. The molecule has 3 atom stereocenters. The van der Waals surface area contributed by atoms with Crippen LogP contribution in [0.1, 0.15) is 22.8 Å². The summed E-state index contributed by atoms with van der Waals surface area (Å²) in [5.74, 6) is 0.204. The van der Waals surface area contributed by atoms with Gasteiger partial charge in [-0.25, -0.2) is 9.50 Å². The maximum Gasteiger partial charge on any atom is 0.401 e. The summed E-state index contributed by atoms with van der Waals surface area (Å²) in [5.41, 5.74) is 1.98. The highest BCUT2D eigenvalue weighted by molar-refractivity contribution is 6.09. The molecule has 0 spiro atoms. The fourth-order valence-corrected chi connectivity index (χ4v) is 5.19. The van der Waals surface area contributed by atoms with E-state index in [1.54, 1.807) is 25.4 Å². The second-order valence-electron chi connectivity index (χ2n) is 9.60. The molecular formula is C23H23F3N6O3. The molecule has 1 aromatic carbocycles. The number of aromatic nitrogens is 3. The van der Waals surface area contributed by atoms with Crippen molar-refractivity contribution in [3.05, 3.63) is 47.9 Å². The van der Waals surface area contributed by atoms with E-state index in [9.17, 15) is 23.1 Å². The van der Waals surface area contributed by atoms with E-state index in [1.807, 2.05) is 17.0 Å². The number of aliphatic hydroxyl groups excluding tert-OH is 1. The molecule has 1 unspecified atom stereocenters. The van der Waals surface area contributed by atoms with Gasteiger partial charge in [0.1, 0.15) is 16.9 Å². The van der Waals surface area contributed by atoms with Gasteiger partial charge in [-0.1, -0.05) is 0 Å². The number of halogens is 3. The Kier molecular flexibility index (Phi) is 4.77. The van der Waals surface area contributed by atoms with E-state index < -0.39 is 24.2 Å². The summed E-state index contributed by atoms with van der Waals surface area (Å²) < 4.78 is 46.0. The summed E-state index contributed by atoms with van der Waals surface area (Å²) in [6.07, 6.45) is 0.938. The zero-order chi connectivity index (χ0) is 24.5. The van der Waals surface area contributed by atoms with Crippen LogP contribution >= 0.6 is 0 Å². The number of aliphatic hydroxyl groups is 1. The smallest absolute Gasteiger partial charge is 0.401 e. The Morgan fingerprint density at radius 3 is 2.86 bits per heavy atom. The molecule has 0 aliphatic carbocycles. The third-order valence-corrected chi connectivity index (χ3v) is 7.02. The fourth-order valence-electron chi connectivity index (χ4n) is 5.19. The predicted octanol–water partition coefficient (Wildman–Crippen LogP) is 2.10. The van der Waals surface area contributed by atoms with Gasteiger partial charge >= 0.3 is 6.18 Å². The van der Waals surface area contributed by atoms with Gasteiger partial charge in [-0.2, -0.15) is 18.3 Å². The zero-order valence-electron chi connectivity index (χ0n) is 18.8. The van der Waals surface area contributed by atoms with Gasteiger partial charge in [-0.15, -0.1) is 0 Å². The third-order valence-electron chi connectivity index (χ3n) is 7.02. The molecule has 3 aliphatic heterocycles. The summed E-state index contributed by atoms with van der Waals surface area (Å²) >= 11 is 0. The van der Waals surface area contributed by atoms with Crippen molar-refractivity contribution in [3.63, 3.8) is 0 Å². The van der Waals surface area contributed by atoms with E-state index in [-0.39, 0.29) is 18.7 Å². The summed E-state index contributed by atoms with van der Waals surface area (Å²) in [4.78, 5) is 20.9. The number of nitrogens with zero attached hydrogens (tertiary/aromatic N) is 5. The van der Waals surface area contributed by atoms with Crippen molar-refractivity contribution in [1.82, 2.24) is 19.5 Å². The van der Waals surface area contributed by atoms with Crippen molar-refractivity contribution in [2.75, 3.05) is 36.5 Å². The Hall–Kier alpha value is -3.38. The van der Waals surface area contributed by atoms with Crippen LogP contribution in [0.3, 0.4) is 0 Å². The van der Waals surface area contributed by atoms with Crippen molar-refractivity contribution < 1.29 is 27.8 Å². The van der Waals surface area contributed by atoms with Gasteiger partial charge in [-0.05, 0) is 19.1 Å². The average Bonchev–Trinajstić information content (AvgIpc) is 3.36. The van der Waals surface area contributed by atoms with Gasteiger partial charge in [0.15, 0.2) is 5.65 Å². The van der Waals surface area contributed by atoms with Crippen molar-refractivity contribution >= 4 is 22.9 Å². The molecule has 6 rings (SSSR count). The minimum atomic E-state index is -4.23. The number of nitrogens with one attached hydrogen (secondary N) is 1. The second-order valence-corrected chi connectivity index (χ2v) is 9.60. The van der Waals surface area contributed by atoms with Gasteiger partial charge in [0.25, 0.3) is 5.91 Å². The van der Waals surface area contributed by atoms with E-state index in [1.165, 1.54) is 15.6 Å². The predicted molar refractivity (Wildman–Crippen MR) is 120 cm³/mol. The van der Waals surface area contributed by atoms with Gasteiger partial charge in [-0.3, -0.25) is 9.69 Å². The molecule has 2 fully saturated rings. The number of ether oxygens (including phenoxy) is 1. The van der Waals surface area contributed by atoms with Gasteiger partial charge in [0, 0.05) is 49.6 Å². The van der Waals surface area contributed by atoms with Crippen LogP contribution in [0.25, 0.3) is 5.65 Å². The molecule has 1 amide bonds. The zero-order valence-corrected chi connectivity index (χ0v) is 18.8. The number of amides is 1. The first-order valence-electron chi connectivity index (χ1n) is 11.3. The third kappa shape index (κ3) is 3.67. The van der Waals surface area contributed by atoms with Crippen LogP contribution in [0.5, 0.6) is 5.75 Å². The highest BCUT2D eigenvalue weighted by Gasteiger charge is 2.54. The topological polar surface area (TPSA) is 95.2 Å². The number of carbonyl (C=O) groups is 1. The molecule has 5 heterocycles. The average molecular weight is 488 g/mol. The summed E-state index contributed by atoms with van der Waals surface area (Å²) in [5, 5.41) is 16.9. The fraction of sp³-hybridized carbons (Fsp3) is 0.435. The van der Waals surface area contributed by atoms with E-state index in [0.29, 0.717) is 47.8 Å². The normalized spacial score (nSPS) is 25.5. The molecule has 0 bridgehead atoms. The Morgan fingerprint density at radius 2 is 2.14 bits per heavy atom. The van der Waals surface area contributed by atoms with Gasteiger partial charge in [0.05, 0.1) is 36.8 Å². The highest BCUT2D eigenvalue weighted by atomic mass is 19.4. The molecule has 3 aliphatic rings. The highest BCUT2D eigenvalue weighted by Crippen LogP contribution is 2.46. The molecule has 3 aromatic rings. The van der Waals surface area contributed by atoms with Crippen LogP contribution in [-0.2, 0) is 6.42 Å². The van der Waals surface area contributed by atoms with Crippen LogP contribution in [0.4, 0.5) is 24.5 Å². The number of fused-ring (bicyclic) bond motifs is 3. The number of hydrogen-bond donors (Lipinski definition) is 2. The van der Waals surface area contributed by atoms with Crippen LogP contribution in [0, 0.1) is 0 Å². The number of carbonyl (C=O) groups excluding carboxylic acids is 1. The quantitative estimate of drug-likeness (QED) is 0.568. The molecule has 2 aromatic heterocycles. The number of rotatable bonds is 5. The lowest BCUT2D eigenvalue weighted by Crippen LogP contribution is -2.79. The Labute approximate surface area is 198 Å². The Bertz CT molecular complexity index is 1330. The van der Waals surface area contributed by atoms with Crippen molar-refractivity contribution in [2.45, 2.75) is 37.2 Å². The van der Waals surface area contributed by atoms with Crippen LogP contribution in [0.15, 0.2) is 36.8 Å². The molecule has 9 nitrogen and oxygen atoms in total. The minimum Gasteiger partial charge on any atom is -0.484 e. The SMILES string of the molecule is C[C@]1(CO)Cc2cc(NC(=O)c3cnn4cccnc34)c(N3C[C@H]4C3CN4CC(F)(F)F)cc2O1. The van der Waals surface area contributed by atoms with Gasteiger partial charge < -0.3 is 20.1 Å².